The molecule has 7 heteroatoms. The zero-order valence-electron chi connectivity index (χ0n) is 18.5. The first-order chi connectivity index (χ1) is 15.2. The first kappa shape index (κ1) is 21.4. The highest BCUT2D eigenvalue weighted by molar-refractivity contribution is 6.53. The number of allylic oxidation sites excluding steroid dienone is 1. The van der Waals surface area contributed by atoms with E-state index < -0.39 is 23.2 Å². The molecule has 32 heavy (non-hydrogen) atoms. The summed E-state index contributed by atoms with van der Waals surface area (Å²) in [5, 5.41) is 0. The second kappa shape index (κ2) is 7.67. The van der Waals surface area contributed by atoms with E-state index in [9.17, 15) is 14.4 Å². The maximum absolute atomic E-state index is 12.6. The van der Waals surface area contributed by atoms with Crippen molar-refractivity contribution in [1.82, 2.24) is 0 Å². The zero-order chi connectivity index (χ0) is 23.2. The molecule has 7 nitrogen and oxygen atoms in total. The highest BCUT2D eigenvalue weighted by atomic mass is 16.5. The molecule has 2 aliphatic rings. The fraction of sp³-hybridized carbons (Fsp3) is 0.240. The minimum absolute atomic E-state index is 0.205. The largest absolute Gasteiger partial charge is 0.493 e. The van der Waals surface area contributed by atoms with Crippen molar-refractivity contribution >= 4 is 35.0 Å². The second-order valence-electron chi connectivity index (χ2n) is 8.19. The molecule has 2 aromatic carbocycles. The van der Waals surface area contributed by atoms with Crippen LogP contribution in [0.4, 0.5) is 5.69 Å². The van der Waals surface area contributed by atoms with Gasteiger partial charge in [0.05, 0.1) is 31.0 Å². The van der Waals surface area contributed by atoms with Crippen LogP contribution in [0.1, 0.15) is 42.3 Å². The molecule has 0 aromatic heterocycles. The highest BCUT2D eigenvalue weighted by Gasteiger charge is 2.46. The minimum atomic E-state index is -0.616. The first-order valence-corrected chi connectivity index (χ1v) is 10.0. The Morgan fingerprint density at radius 3 is 2.38 bits per heavy atom. The standard InChI is InChI=1S/C25H23NO6/c1-14-13-25(2,3)26-22-17(14)11-16(12-18(22)23(28)24(26)29)32-21(27)9-7-15-6-8-19(30-4)20(10-15)31-5/h6-13H,1-5H3/b9-7+. The normalized spacial score (nSPS) is 16.2. The summed E-state index contributed by atoms with van der Waals surface area (Å²) in [4.78, 5) is 39.2. The lowest BCUT2D eigenvalue weighted by Crippen LogP contribution is -2.47. The lowest BCUT2D eigenvalue weighted by Gasteiger charge is -2.38. The lowest BCUT2D eigenvalue weighted by atomic mass is 9.89. The third-order valence-corrected chi connectivity index (χ3v) is 5.56. The molecule has 0 fully saturated rings. The molecule has 1 amide bonds. The van der Waals surface area contributed by atoms with Crippen LogP contribution in [-0.2, 0) is 9.59 Å². The molecule has 0 N–H and O–H groups in total. The van der Waals surface area contributed by atoms with Crippen molar-refractivity contribution in [1.29, 1.82) is 0 Å². The van der Waals surface area contributed by atoms with Crippen LogP contribution < -0.4 is 19.1 Å². The van der Waals surface area contributed by atoms with Gasteiger partial charge in [-0.2, -0.15) is 0 Å². The number of esters is 1. The van der Waals surface area contributed by atoms with Gasteiger partial charge in [-0.3, -0.25) is 14.5 Å². The molecule has 0 saturated carbocycles. The average molecular weight is 433 g/mol. The molecule has 4 rings (SSSR count). The molecule has 0 bridgehead atoms. The van der Waals surface area contributed by atoms with Crippen molar-refractivity contribution in [3.8, 4) is 17.2 Å². The number of methoxy groups -OCH3 is 2. The summed E-state index contributed by atoms with van der Waals surface area (Å²) in [5.41, 5.74) is 2.54. The van der Waals surface area contributed by atoms with Gasteiger partial charge in [-0.15, -0.1) is 0 Å². The molecule has 2 aromatic rings. The number of hydrogen-bond donors (Lipinski definition) is 0. The van der Waals surface area contributed by atoms with Crippen molar-refractivity contribution < 1.29 is 28.6 Å². The van der Waals surface area contributed by atoms with Crippen molar-refractivity contribution in [2.45, 2.75) is 26.3 Å². The van der Waals surface area contributed by atoms with Gasteiger partial charge >= 0.3 is 5.97 Å². The number of ketones is 1. The van der Waals surface area contributed by atoms with Gasteiger partial charge in [0.25, 0.3) is 11.7 Å². The Kier molecular flexibility index (Phi) is 5.12. The molecule has 0 spiro atoms. The van der Waals surface area contributed by atoms with Crippen LogP contribution in [0.25, 0.3) is 11.6 Å². The van der Waals surface area contributed by atoms with Crippen molar-refractivity contribution in [3.05, 3.63) is 59.2 Å². The van der Waals surface area contributed by atoms with E-state index in [1.807, 2.05) is 26.8 Å². The Morgan fingerprint density at radius 2 is 1.69 bits per heavy atom. The van der Waals surface area contributed by atoms with Gasteiger partial charge in [0.15, 0.2) is 11.5 Å². The zero-order valence-corrected chi connectivity index (χ0v) is 18.5. The Balaban J connectivity index is 1.61. The summed E-state index contributed by atoms with van der Waals surface area (Å²) in [6, 6.07) is 8.38. The Bertz CT molecular complexity index is 1220. The van der Waals surface area contributed by atoms with Crippen LogP contribution in [-0.4, -0.2) is 37.4 Å². The monoisotopic (exact) mass is 433 g/mol. The number of Topliss-reactive ketones (excluding diaryl/α,β-unsaturated/α-hetero) is 1. The van der Waals surface area contributed by atoms with Gasteiger partial charge < -0.3 is 14.2 Å². The van der Waals surface area contributed by atoms with Crippen LogP contribution in [0.3, 0.4) is 0 Å². The SMILES string of the molecule is COc1ccc(/C=C/C(=O)Oc2cc3c4c(c2)C(C)=CC(C)(C)N4C(=O)C3=O)cc1OC. The number of benzene rings is 2. The third kappa shape index (κ3) is 3.45. The number of amides is 1. The maximum atomic E-state index is 12.6. The average Bonchev–Trinajstić information content (AvgIpc) is 3.01. The number of rotatable bonds is 5. The van der Waals surface area contributed by atoms with E-state index in [-0.39, 0.29) is 11.3 Å². The van der Waals surface area contributed by atoms with Crippen LogP contribution in [0, 0.1) is 0 Å². The van der Waals surface area contributed by atoms with E-state index in [0.29, 0.717) is 22.7 Å². The fourth-order valence-corrected chi connectivity index (χ4v) is 4.19. The van der Waals surface area contributed by atoms with Gasteiger partial charge in [-0.05, 0) is 62.2 Å². The molecule has 0 radical (unpaired) electrons. The lowest BCUT2D eigenvalue weighted by molar-refractivity contribution is -0.128. The fourth-order valence-electron chi connectivity index (χ4n) is 4.19. The first-order valence-electron chi connectivity index (χ1n) is 10.0. The smallest absolute Gasteiger partial charge is 0.336 e. The molecule has 164 valence electrons. The van der Waals surface area contributed by atoms with Crippen LogP contribution >= 0.6 is 0 Å². The molecule has 0 unspecified atom stereocenters. The summed E-state index contributed by atoms with van der Waals surface area (Å²) in [5.74, 6) is -0.463. The van der Waals surface area contributed by atoms with E-state index in [4.69, 9.17) is 14.2 Å². The van der Waals surface area contributed by atoms with E-state index in [2.05, 4.69) is 0 Å². The van der Waals surface area contributed by atoms with Gasteiger partial charge in [0.2, 0.25) is 0 Å². The number of carbonyl (C=O) groups excluding carboxylic acids is 3. The topological polar surface area (TPSA) is 82.1 Å². The molecule has 0 atom stereocenters. The summed E-state index contributed by atoms with van der Waals surface area (Å²) < 4.78 is 15.9. The van der Waals surface area contributed by atoms with Gasteiger partial charge in [-0.1, -0.05) is 12.1 Å². The van der Waals surface area contributed by atoms with Crippen LogP contribution in [0.15, 0.2) is 42.5 Å². The van der Waals surface area contributed by atoms with Crippen LogP contribution in [0.2, 0.25) is 0 Å². The van der Waals surface area contributed by atoms with Crippen molar-refractivity contribution in [3.63, 3.8) is 0 Å². The Hall–Kier alpha value is -3.87. The predicted molar refractivity (Wildman–Crippen MR) is 120 cm³/mol. The van der Waals surface area contributed by atoms with E-state index in [1.165, 1.54) is 24.2 Å². The predicted octanol–water partition coefficient (Wildman–Crippen LogP) is 4.05. The molecular weight excluding hydrogens is 410 g/mol. The molecule has 0 saturated heterocycles. The van der Waals surface area contributed by atoms with Gasteiger partial charge in [-0.25, -0.2) is 4.79 Å². The molecule has 2 aliphatic heterocycles. The van der Waals surface area contributed by atoms with Gasteiger partial charge in [0.1, 0.15) is 5.75 Å². The Morgan fingerprint density at radius 1 is 1.00 bits per heavy atom. The van der Waals surface area contributed by atoms with E-state index >= 15 is 0 Å². The van der Waals surface area contributed by atoms with E-state index in [0.717, 1.165) is 11.1 Å². The maximum Gasteiger partial charge on any atom is 0.336 e. The minimum Gasteiger partial charge on any atom is -0.493 e. The molecular formula is C25H23NO6. The summed E-state index contributed by atoms with van der Waals surface area (Å²) in [6.45, 7) is 5.67. The number of hydrogen-bond acceptors (Lipinski definition) is 6. The summed E-state index contributed by atoms with van der Waals surface area (Å²) in [6.07, 6.45) is 4.80. The van der Waals surface area contributed by atoms with Gasteiger partial charge in [0, 0.05) is 11.6 Å². The van der Waals surface area contributed by atoms with Crippen LogP contribution in [0.5, 0.6) is 17.2 Å². The molecule has 0 aliphatic carbocycles. The summed E-state index contributed by atoms with van der Waals surface area (Å²) >= 11 is 0. The number of carbonyl (C=O) groups is 3. The molecule has 2 heterocycles. The number of nitrogens with zero attached hydrogens (tertiary/aromatic N) is 1. The number of anilines is 1. The van der Waals surface area contributed by atoms with E-state index in [1.54, 1.807) is 37.5 Å². The highest BCUT2D eigenvalue weighted by Crippen LogP contribution is 2.46. The summed E-state index contributed by atoms with van der Waals surface area (Å²) in [7, 11) is 3.08. The quantitative estimate of drug-likeness (QED) is 0.306. The Labute approximate surface area is 185 Å². The second-order valence-corrected chi connectivity index (χ2v) is 8.19. The number of ether oxygens (including phenoxy) is 3. The van der Waals surface area contributed by atoms with Crippen molar-refractivity contribution in [2.75, 3.05) is 19.1 Å². The van der Waals surface area contributed by atoms with Crippen molar-refractivity contribution in [2.24, 2.45) is 0 Å². The third-order valence-electron chi connectivity index (χ3n) is 5.56.